The van der Waals surface area contributed by atoms with Crippen LogP contribution >= 0.6 is 0 Å². The SMILES string of the molecule is Cc1cc(C)cc(OS(=O)(=O)c2cc(F)cc(F)c2)c1. The predicted octanol–water partition coefficient (Wildman–Crippen LogP) is 3.35. The maximum absolute atomic E-state index is 13.1. The number of rotatable bonds is 3. The smallest absolute Gasteiger partial charge is 0.339 e. The maximum atomic E-state index is 13.1. The second-order valence-corrected chi connectivity index (χ2v) is 6.01. The molecule has 0 bridgehead atoms. The molecule has 0 saturated heterocycles. The minimum atomic E-state index is -4.27. The van der Waals surface area contributed by atoms with E-state index < -0.39 is 26.6 Å². The molecule has 0 aromatic heterocycles. The minimum absolute atomic E-state index is 0.104. The number of hydrogen-bond donors (Lipinski definition) is 0. The van der Waals surface area contributed by atoms with Crippen LogP contribution in [0, 0.1) is 25.5 Å². The van der Waals surface area contributed by atoms with Crippen molar-refractivity contribution in [2.75, 3.05) is 0 Å². The van der Waals surface area contributed by atoms with Crippen LogP contribution in [0.15, 0.2) is 41.3 Å². The lowest BCUT2D eigenvalue weighted by atomic mass is 10.1. The Hall–Kier alpha value is -1.95. The Bertz CT molecular complexity index is 715. The van der Waals surface area contributed by atoms with Gasteiger partial charge in [-0.2, -0.15) is 8.42 Å². The van der Waals surface area contributed by atoms with Crippen LogP contribution in [0.3, 0.4) is 0 Å². The van der Waals surface area contributed by atoms with Crippen molar-refractivity contribution in [1.29, 1.82) is 0 Å². The summed E-state index contributed by atoms with van der Waals surface area (Å²) in [6, 6.07) is 6.92. The molecule has 0 heterocycles. The molecule has 2 aromatic carbocycles. The third kappa shape index (κ3) is 3.33. The van der Waals surface area contributed by atoms with Gasteiger partial charge in [-0.3, -0.25) is 0 Å². The van der Waals surface area contributed by atoms with E-state index in [2.05, 4.69) is 0 Å². The lowest BCUT2D eigenvalue weighted by Gasteiger charge is -2.09. The first-order valence-electron chi connectivity index (χ1n) is 5.75. The van der Waals surface area contributed by atoms with Gasteiger partial charge < -0.3 is 4.18 Å². The van der Waals surface area contributed by atoms with Gasteiger partial charge in [0, 0.05) is 6.07 Å². The van der Waals surface area contributed by atoms with Crippen molar-refractivity contribution in [2.45, 2.75) is 18.7 Å². The third-order valence-corrected chi connectivity index (χ3v) is 3.75. The quantitative estimate of drug-likeness (QED) is 0.816. The Morgan fingerprint density at radius 2 is 1.35 bits per heavy atom. The third-order valence-electron chi connectivity index (χ3n) is 2.53. The summed E-state index contributed by atoms with van der Waals surface area (Å²) in [5, 5.41) is 0. The van der Waals surface area contributed by atoms with Crippen molar-refractivity contribution in [1.82, 2.24) is 0 Å². The van der Waals surface area contributed by atoms with Gasteiger partial charge in [-0.05, 0) is 49.2 Å². The van der Waals surface area contributed by atoms with E-state index in [1.807, 2.05) is 6.07 Å². The number of aryl methyl sites for hydroxylation is 2. The van der Waals surface area contributed by atoms with Crippen LogP contribution in [0.2, 0.25) is 0 Å². The minimum Gasteiger partial charge on any atom is -0.379 e. The van der Waals surface area contributed by atoms with Gasteiger partial charge in [-0.25, -0.2) is 8.78 Å². The Morgan fingerprint density at radius 1 is 0.850 bits per heavy atom. The fraction of sp³-hybridized carbons (Fsp3) is 0.143. The second kappa shape index (κ2) is 5.20. The van der Waals surface area contributed by atoms with Crippen LogP contribution in [0.5, 0.6) is 5.75 Å². The summed E-state index contributed by atoms with van der Waals surface area (Å²) >= 11 is 0. The van der Waals surface area contributed by atoms with E-state index in [1.165, 1.54) is 12.1 Å². The number of hydrogen-bond acceptors (Lipinski definition) is 3. The zero-order chi connectivity index (χ0) is 14.9. The highest BCUT2D eigenvalue weighted by Gasteiger charge is 2.19. The van der Waals surface area contributed by atoms with E-state index in [-0.39, 0.29) is 5.75 Å². The fourth-order valence-electron chi connectivity index (χ4n) is 1.83. The van der Waals surface area contributed by atoms with Crippen molar-refractivity contribution < 1.29 is 21.4 Å². The summed E-state index contributed by atoms with van der Waals surface area (Å²) in [4.78, 5) is -0.561. The fourth-order valence-corrected chi connectivity index (χ4v) is 2.79. The van der Waals surface area contributed by atoms with Crippen LogP contribution < -0.4 is 4.18 Å². The standard InChI is InChI=1S/C14H12F2O3S/c1-9-3-10(2)5-13(4-9)19-20(17,18)14-7-11(15)6-12(16)8-14/h3-8H,1-2H3. The van der Waals surface area contributed by atoms with Crippen molar-refractivity contribution in [2.24, 2.45) is 0 Å². The van der Waals surface area contributed by atoms with Gasteiger partial charge >= 0.3 is 10.1 Å². The molecule has 0 aliphatic carbocycles. The van der Waals surface area contributed by atoms with Gasteiger partial charge in [-0.15, -0.1) is 0 Å². The molecule has 0 fully saturated rings. The largest absolute Gasteiger partial charge is 0.379 e. The van der Waals surface area contributed by atoms with Gasteiger partial charge in [0.05, 0.1) is 0 Å². The lowest BCUT2D eigenvalue weighted by molar-refractivity contribution is 0.482. The first-order chi connectivity index (χ1) is 9.26. The molecule has 3 nitrogen and oxygen atoms in total. The molecule has 106 valence electrons. The van der Waals surface area contributed by atoms with Gasteiger partial charge in [-0.1, -0.05) is 6.07 Å². The van der Waals surface area contributed by atoms with Crippen molar-refractivity contribution in [3.8, 4) is 5.75 Å². The molecule has 0 atom stereocenters. The van der Waals surface area contributed by atoms with Crippen molar-refractivity contribution in [3.05, 3.63) is 59.2 Å². The molecule has 0 spiro atoms. The highest BCUT2D eigenvalue weighted by Crippen LogP contribution is 2.22. The molecule has 0 radical (unpaired) electrons. The Kier molecular flexibility index (Phi) is 3.76. The van der Waals surface area contributed by atoms with Gasteiger partial charge in [0.25, 0.3) is 0 Å². The molecule has 2 aromatic rings. The summed E-state index contributed by atoms with van der Waals surface area (Å²) < 4.78 is 55.0. The number of halogens is 2. The molecule has 0 unspecified atom stereocenters. The first kappa shape index (κ1) is 14.5. The molecule has 0 aliphatic heterocycles. The average Bonchev–Trinajstić information content (AvgIpc) is 2.25. The van der Waals surface area contributed by atoms with E-state index in [1.54, 1.807) is 13.8 Å². The Balaban J connectivity index is 2.40. The first-order valence-corrected chi connectivity index (χ1v) is 7.16. The van der Waals surface area contributed by atoms with Crippen LogP contribution in [0.4, 0.5) is 8.78 Å². The summed E-state index contributed by atoms with van der Waals surface area (Å²) in [5.41, 5.74) is 1.64. The Labute approximate surface area is 115 Å². The van der Waals surface area contributed by atoms with Crippen LogP contribution in [0.1, 0.15) is 11.1 Å². The molecule has 2 rings (SSSR count). The molecular formula is C14H12F2O3S. The normalized spacial score (nSPS) is 11.4. The molecule has 0 aliphatic rings. The van der Waals surface area contributed by atoms with E-state index in [9.17, 15) is 17.2 Å². The second-order valence-electron chi connectivity index (χ2n) is 4.47. The van der Waals surface area contributed by atoms with E-state index >= 15 is 0 Å². The summed E-state index contributed by atoms with van der Waals surface area (Å²) in [7, 11) is -4.27. The monoisotopic (exact) mass is 298 g/mol. The zero-order valence-electron chi connectivity index (χ0n) is 10.9. The van der Waals surface area contributed by atoms with E-state index in [0.717, 1.165) is 11.1 Å². The van der Waals surface area contributed by atoms with Crippen LogP contribution in [-0.2, 0) is 10.1 Å². The highest BCUT2D eigenvalue weighted by molar-refractivity contribution is 7.87. The topological polar surface area (TPSA) is 43.4 Å². The lowest BCUT2D eigenvalue weighted by Crippen LogP contribution is -2.10. The van der Waals surface area contributed by atoms with E-state index in [4.69, 9.17) is 4.18 Å². The molecule has 0 N–H and O–H groups in total. The maximum Gasteiger partial charge on any atom is 0.339 e. The zero-order valence-corrected chi connectivity index (χ0v) is 11.7. The molecular weight excluding hydrogens is 286 g/mol. The molecule has 0 amide bonds. The van der Waals surface area contributed by atoms with Gasteiger partial charge in [0.2, 0.25) is 0 Å². The summed E-state index contributed by atoms with van der Waals surface area (Å²) in [6.45, 7) is 3.57. The van der Waals surface area contributed by atoms with Gasteiger partial charge in [0.1, 0.15) is 22.3 Å². The summed E-state index contributed by atoms with van der Waals surface area (Å²) in [5.74, 6) is -1.85. The number of benzene rings is 2. The van der Waals surface area contributed by atoms with Crippen LogP contribution in [0.25, 0.3) is 0 Å². The predicted molar refractivity (Wildman–Crippen MR) is 70.1 cm³/mol. The summed E-state index contributed by atoms with van der Waals surface area (Å²) in [6.07, 6.45) is 0. The van der Waals surface area contributed by atoms with Crippen LogP contribution in [-0.4, -0.2) is 8.42 Å². The highest BCUT2D eigenvalue weighted by atomic mass is 32.2. The van der Waals surface area contributed by atoms with Crippen molar-refractivity contribution >= 4 is 10.1 Å². The average molecular weight is 298 g/mol. The van der Waals surface area contributed by atoms with E-state index in [0.29, 0.717) is 18.2 Å². The molecule has 0 saturated carbocycles. The Morgan fingerprint density at radius 3 is 1.85 bits per heavy atom. The molecule has 20 heavy (non-hydrogen) atoms. The van der Waals surface area contributed by atoms with Crippen molar-refractivity contribution in [3.63, 3.8) is 0 Å². The van der Waals surface area contributed by atoms with Gasteiger partial charge in [0.15, 0.2) is 0 Å². The molecule has 6 heteroatoms.